The van der Waals surface area contributed by atoms with Gasteiger partial charge in [0.25, 0.3) is 0 Å². The topological polar surface area (TPSA) is 185 Å². The minimum absolute atomic E-state index is 0.841. The van der Waals surface area contributed by atoms with Gasteiger partial charge in [-0.2, -0.15) is 0 Å². The second-order valence-electron chi connectivity index (χ2n) is 4.04. The lowest BCUT2D eigenvalue weighted by Crippen LogP contribution is -2.47. The summed E-state index contributed by atoms with van der Waals surface area (Å²) in [6, 6.07) is 0. The molecular weight excluding hydrogens is 280 g/mol. The van der Waals surface area contributed by atoms with Crippen LogP contribution in [0.4, 0.5) is 0 Å². The van der Waals surface area contributed by atoms with Crippen molar-refractivity contribution in [3.05, 3.63) is 0 Å². The zero-order chi connectivity index (χ0) is 15.9. The van der Waals surface area contributed by atoms with Crippen molar-refractivity contribution in [2.24, 2.45) is 0 Å². The molecular formula is C10H18O10. The number of carboxylic acid groups (broad SMARTS) is 1. The number of esters is 1. The van der Waals surface area contributed by atoms with Crippen LogP contribution in [0.5, 0.6) is 0 Å². The zero-order valence-corrected chi connectivity index (χ0v) is 10.4. The lowest BCUT2D eigenvalue weighted by molar-refractivity contribution is -0.167. The first-order valence-electron chi connectivity index (χ1n) is 5.60. The van der Waals surface area contributed by atoms with Crippen LogP contribution in [-0.4, -0.2) is 91.4 Å². The van der Waals surface area contributed by atoms with Crippen LogP contribution in [0.15, 0.2) is 0 Å². The maximum absolute atomic E-state index is 11.1. The molecule has 0 aromatic rings. The fourth-order valence-electron chi connectivity index (χ4n) is 1.17. The van der Waals surface area contributed by atoms with E-state index in [4.69, 9.17) is 20.4 Å². The van der Waals surface area contributed by atoms with E-state index in [2.05, 4.69) is 4.74 Å². The summed E-state index contributed by atoms with van der Waals surface area (Å²) < 4.78 is 4.33. The zero-order valence-electron chi connectivity index (χ0n) is 10.4. The Morgan fingerprint density at radius 2 is 1.45 bits per heavy atom. The molecule has 5 atom stereocenters. The monoisotopic (exact) mass is 298 g/mol. The Morgan fingerprint density at radius 3 is 1.90 bits per heavy atom. The molecule has 118 valence electrons. The summed E-state index contributed by atoms with van der Waals surface area (Å²) in [5.41, 5.74) is 0. The highest BCUT2D eigenvalue weighted by Crippen LogP contribution is 2.06. The fourth-order valence-corrected chi connectivity index (χ4v) is 1.17. The molecule has 10 heteroatoms. The number of hydrogen-bond donors (Lipinski definition) is 7. The van der Waals surface area contributed by atoms with E-state index in [1.807, 2.05) is 0 Å². The summed E-state index contributed by atoms with van der Waals surface area (Å²) in [5.74, 6) is -2.76. The third kappa shape index (κ3) is 6.23. The molecule has 0 fully saturated rings. The first-order chi connectivity index (χ1) is 9.20. The fraction of sp³-hybridized carbons (Fsp3) is 0.800. The van der Waals surface area contributed by atoms with Crippen molar-refractivity contribution in [3.8, 4) is 0 Å². The van der Waals surface area contributed by atoms with Crippen molar-refractivity contribution in [2.45, 2.75) is 36.9 Å². The standard InChI is InChI=1S/C10H18O10/c11-2-5(13)8(17)9(18)6(14)3-20-10(19)4(12)1-7(15)16/h4-6,8-9,11-14,17-18H,1-3H2,(H,15,16)/t4?,5-,6-,8-,9-/m1/s1. The van der Waals surface area contributed by atoms with Crippen LogP contribution in [0.2, 0.25) is 0 Å². The molecule has 0 radical (unpaired) electrons. The van der Waals surface area contributed by atoms with Gasteiger partial charge >= 0.3 is 11.9 Å². The molecule has 0 saturated heterocycles. The quantitative estimate of drug-likeness (QED) is 0.206. The predicted octanol–water partition coefficient (Wildman–Crippen LogP) is -4.20. The maximum atomic E-state index is 11.1. The molecule has 0 aliphatic rings. The Balaban J connectivity index is 4.24. The molecule has 20 heavy (non-hydrogen) atoms. The smallest absolute Gasteiger partial charge is 0.335 e. The first kappa shape index (κ1) is 18.7. The molecule has 1 unspecified atom stereocenters. The number of rotatable bonds is 9. The predicted molar refractivity (Wildman–Crippen MR) is 60.3 cm³/mol. The maximum Gasteiger partial charge on any atom is 0.335 e. The Morgan fingerprint density at radius 1 is 0.950 bits per heavy atom. The molecule has 0 amide bonds. The highest BCUT2D eigenvalue weighted by atomic mass is 16.6. The summed E-state index contributed by atoms with van der Waals surface area (Å²) in [6.45, 7) is -1.70. The lowest BCUT2D eigenvalue weighted by atomic mass is 10.0. The van der Waals surface area contributed by atoms with Crippen LogP contribution in [0.3, 0.4) is 0 Å². The van der Waals surface area contributed by atoms with Gasteiger partial charge in [0, 0.05) is 0 Å². The van der Waals surface area contributed by atoms with Gasteiger partial charge in [-0.3, -0.25) is 4.79 Å². The van der Waals surface area contributed by atoms with Crippen molar-refractivity contribution in [3.63, 3.8) is 0 Å². The Labute approximate surface area is 113 Å². The third-order valence-electron chi connectivity index (χ3n) is 2.36. The highest BCUT2D eigenvalue weighted by Gasteiger charge is 2.31. The molecule has 0 spiro atoms. The molecule has 10 nitrogen and oxygen atoms in total. The van der Waals surface area contributed by atoms with Crippen LogP contribution >= 0.6 is 0 Å². The Bertz CT molecular complexity index is 319. The van der Waals surface area contributed by atoms with Crippen molar-refractivity contribution >= 4 is 11.9 Å². The number of carboxylic acids is 1. The lowest BCUT2D eigenvalue weighted by Gasteiger charge is -2.25. The highest BCUT2D eigenvalue weighted by molar-refractivity contribution is 5.80. The minimum atomic E-state index is -1.93. The molecule has 0 aromatic carbocycles. The Hall–Kier alpha value is -1.30. The summed E-state index contributed by atoms with van der Waals surface area (Å²) >= 11 is 0. The molecule has 0 aliphatic carbocycles. The van der Waals surface area contributed by atoms with Crippen LogP contribution < -0.4 is 0 Å². The van der Waals surface area contributed by atoms with Gasteiger partial charge in [0.2, 0.25) is 0 Å². The minimum Gasteiger partial charge on any atom is -0.481 e. The molecule has 0 rings (SSSR count). The summed E-state index contributed by atoms with van der Waals surface area (Å²) in [6.07, 6.45) is -10.1. The van der Waals surface area contributed by atoms with Gasteiger partial charge < -0.3 is 40.5 Å². The van der Waals surface area contributed by atoms with Crippen LogP contribution in [0.1, 0.15) is 6.42 Å². The first-order valence-corrected chi connectivity index (χ1v) is 5.60. The summed E-state index contributed by atoms with van der Waals surface area (Å²) in [7, 11) is 0. The van der Waals surface area contributed by atoms with Gasteiger partial charge in [-0.25, -0.2) is 4.79 Å². The van der Waals surface area contributed by atoms with Gasteiger partial charge in [0.15, 0.2) is 6.10 Å². The average molecular weight is 298 g/mol. The summed E-state index contributed by atoms with van der Waals surface area (Å²) in [5, 5.41) is 62.9. The van der Waals surface area contributed by atoms with Crippen molar-refractivity contribution in [2.75, 3.05) is 13.2 Å². The van der Waals surface area contributed by atoms with Gasteiger partial charge in [-0.15, -0.1) is 0 Å². The van der Waals surface area contributed by atoms with Crippen molar-refractivity contribution in [1.82, 2.24) is 0 Å². The van der Waals surface area contributed by atoms with Gasteiger partial charge in [0.1, 0.15) is 31.0 Å². The third-order valence-corrected chi connectivity index (χ3v) is 2.36. The number of ether oxygens (including phenoxy) is 1. The van der Waals surface area contributed by atoms with E-state index in [1.165, 1.54) is 0 Å². The van der Waals surface area contributed by atoms with E-state index in [0.29, 0.717) is 0 Å². The summed E-state index contributed by atoms with van der Waals surface area (Å²) in [4.78, 5) is 21.3. The van der Waals surface area contributed by atoms with Gasteiger partial charge in [-0.05, 0) is 0 Å². The molecule has 0 aromatic heterocycles. The molecule has 7 N–H and O–H groups in total. The molecule has 0 aliphatic heterocycles. The number of carbonyl (C=O) groups excluding carboxylic acids is 1. The Kier molecular flexibility index (Phi) is 8.22. The van der Waals surface area contributed by atoms with E-state index in [0.717, 1.165) is 0 Å². The molecule has 0 heterocycles. The second kappa shape index (κ2) is 8.79. The number of carbonyl (C=O) groups is 2. The average Bonchev–Trinajstić information content (AvgIpc) is 2.40. The van der Waals surface area contributed by atoms with Gasteiger partial charge in [0.05, 0.1) is 13.0 Å². The second-order valence-corrected chi connectivity index (χ2v) is 4.04. The molecule has 0 bridgehead atoms. The van der Waals surface area contributed by atoms with Crippen LogP contribution in [-0.2, 0) is 14.3 Å². The number of aliphatic hydroxyl groups excluding tert-OH is 6. The van der Waals surface area contributed by atoms with Crippen molar-refractivity contribution in [1.29, 1.82) is 0 Å². The number of aliphatic carboxylic acids is 1. The van der Waals surface area contributed by atoms with Gasteiger partial charge in [-0.1, -0.05) is 0 Å². The van der Waals surface area contributed by atoms with E-state index >= 15 is 0 Å². The molecule has 0 saturated carbocycles. The van der Waals surface area contributed by atoms with E-state index in [-0.39, 0.29) is 0 Å². The number of hydrogen-bond acceptors (Lipinski definition) is 9. The largest absolute Gasteiger partial charge is 0.481 e. The van der Waals surface area contributed by atoms with Crippen LogP contribution in [0.25, 0.3) is 0 Å². The van der Waals surface area contributed by atoms with Crippen molar-refractivity contribution < 1.29 is 50.1 Å². The van der Waals surface area contributed by atoms with E-state index in [1.54, 1.807) is 0 Å². The van der Waals surface area contributed by atoms with E-state index in [9.17, 15) is 24.9 Å². The normalized spacial score (nSPS) is 18.7. The van der Waals surface area contributed by atoms with Crippen LogP contribution in [0, 0.1) is 0 Å². The number of aliphatic hydroxyl groups is 6. The SMILES string of the molecule is O=C(O)CC(O)C(=O)OC[C@@H](O)[C@@H](O)[C@H](O)[C@H](O)CO. The van der Waals surface area contributed by atoms with E-state index < -0.39 is 62.1 Å².